The summed E-state index contributed by atoms with van der Waals surface area (Å²) >= 11 is 0. The lowest BCUT2D eigenvalue weighted by molar-refractivity contribution is 0.151. The Hall–Kier alpha value is -1.57. The van der Waals surface area contributed by atoms with Crippen LogP contribution in [0.1, 0.15) is 11.6 Å². The van der Waals surface area contributed by atoms with Gasteiger partial charge in [-0.2, -0.15) is 5.26 Å². The molecule has 4 nitrogen and oxygen atoms in total. The van der Waals surface area contributed by atoms with Crippen molar-refractivity contribution in [3.63, 3.8) is 0 Å². The normalized spacial score (nSPS) is 12.2. The molecule has 0 N–H and O–H groups in total. The number of rotatable bonds is 6. The van der Waals surface area contributed by atoms with E-state index in [1.807, 2.05) is 55.2 Å². The van der Waals surface area contributed by atoms with E-state index in [4.69, 9.17) is 4.74 Å². The molecule has 0 aromatic heterocycles. The molecule has 0 bridgehead atoms. The lowest BCUT2D eigenvalue weighted by Gasteiger charge is -2.23. The van der Waals surface area contributed by atoms with E-state index >= 15 is 0 Å². The Morgan fingerprint density at radius 1 is 1.22 bits per heavy atom. The standard InChI is InChI=1S/C14H21N3O/c1-16(2)13-7-5-12(6-8-13)14(11-15)17(3)9-10-18-4/h5-8,14H,9-10H2,1-4H3. The van der Waals surface area contributed by atoms with Gasteiger partial charge in [0.05, 0.1) is 12.7 Å². The maximum atomic E-state index is 9.28. The third-order valence-electron chi connectivity index (χ3n) is 2.94. The van der Waals surface area contributed by atoms with Crippen LogP contribution in [0.3, 0.4) is 0 Å². The highest BCUT2D eigenvalue weighted by molar-refractivity contribution is 5.47. The lowest BCUT2D eigenvalue weighted by atomic mass is 10.1. The molecular weight excluding hydrogens is 226 g/mol. The summed E-state index contributed by atoms with van der Waals surface area (Å²) in [6.45, 7) is 1.37. The smallest absolute Gasteiger partial charge is 0.123 e. The Labute approximate surface area is 109 Å². The third kappa shape index (κ3) is 3.73. The average molecular weight is 247 g/mol. The average Bonchev–Trinajstić information content (AvgIpc) is 2.37. The third-order valence-corrected chi connectivity index (χ3v) is 2.94. The van der Waals surface area contributed by atoms with Crippen LogP contribution in [0.15, 0.2) is 24.3 Å². The van der Waals surface area contributed by atoms with Gasteiger partial charge in [0.1, 0.15) is 6.04 Å². The van der Waals surface area contributed by atoms with Crippen LogP contribution in [-0.2, 0) is 4.74 Å². The maximum Gasteiger partial charge on any atom is 0.123 e. The highest BCUT2D eigenvalue weighted by Crippen LogP contribution is 2.21. The molecule has 98 valence electrons. The monoisotopic (exact) mass is 247 g/mol. The van der Waals surface area contributed by atoms with E-state index in [0.29, 0.717) is 6.61 Å². The zero-order chi connectivity index (χ0) is 13.5. The van der Waals surface area contributed by atoms with Gasteiger partial charge < -0.3 is 9.64 Å². The first kappa shape index (κ1) is 14.5. The van der Waals surface area contributed by atoms with Crippen molar-refractivity contribution in [3.8, 4) is 6.07 Å². The van der Waals surface area contributed by atoms with Crippen molar-refractivity contribution in [2.75, 3.05) is 46.3 Å². The van der Waals surface area contributed by atoms with Crippen LogP contribution in [0.2, 0.25) is 0 Å². The molecule has 1 aromatic rings. The van der Waals surface area contributed by atoms with Crippen molar-refractivity contribution in [2.24, 2.45) is 0 Å². The zero-order valence-corrected chi connectivity index (χ0v) is 11.6. The van der Waals surface area contributed by atoms with Crippen molar-refractivity contribution in [1.29, 1.82) is 5.26 Å². The van der Waals surface area contributed by atoms with Gasteiger partial charge >= 0.3 is 0 Å². The molecule has 0 aliphatic heterocycles. The first-order valence-electron chi connectivity index (χ1n) is 5.96. The fraction of sp³-hybridized carbons (Fsp3) is 0.500. The number of likely N-dealkylation sites (N-methyl/N-ethyl adjacent to an activating group) is 1. The second-order valence-corrected chi connectivity index (χ2v) is 4.49. The first-order valence-corrected chi connectivity index (χ1v) is 5.96. The number of nitriles is 1. The number of nitrogens with zero attached hydrogens (tertiary/aromatic N) is 3. The summed E-state index contributed by atoms with van der Waals surface area (Å²) in [4.78, 5) is 4.04. The number of ether oxygens (including phenoxy) is 1. The number of anilines is 1. The van der Waals surface area contributed by atoms with Crippen LogP contribution >= 0.6 is 0 Å². The second-order valence-electron chi connectivity index (χ2n) is 4.49. The minimum absolute atomic E-state index is 0.226. The van der Waals surface area contributed by atoms with Gasteiger partial charge in [0, 0.05) is 33.4 Å². The predicted molar refractivity (Wildman–Crippen MR) is 73.6 cm³/mol. The molecule has 1 rings (SSSR count). The van der Waals surface area contributed by atoms with Crippen LogP contribution in [0.25, 0.3) is 0 Å². The fourth-order valence-corrected chi connectivity index (χ4v) is 1.75. The summed E-state index contributed by atoms with van der Waals surface area (Å²) in [7, 11) is 7.61. The van der Waals surface area contributed by atoms with Gasteiger partial charge in [0.15, 0.2) is 0 Å². The molecule has 0 radical (unpaired) electrons. The molecule has 0 heterocycles. The lowest BCUT2D eigenvalue weighted by Crippen LogP contribution is -2.27. The number of hydrogen-bond acceptors (Lipinski definition) is 4. The molecule has 4 heteroatoms. The largest absolute Gasteiger partial charge is 0.383 e. The summed E-state index contributed by atoms with van der Waals surface area (Å²) in [5.74, 6) is 0. The van der Waals surface area contributed by atoms with E-state index in [-0.39, 0.29) is 6.04 Å². The van der Waals surface area contributed by atoms with Gasteiger partial charge in [-0.25, -0.2) is 0 Å². The molecule has 0 fully saturated rings. The summed E-state index contributed by atoms with van der Waals surface area (Å²) < 4.78 is 5.04. The molecule has 0 spiro atoms. The molecule has 0 aliphatic carbocycles. The van der Waals surface area contributed by atoms with Crippen LogP contribution in [0.5, 0.6) is 0 Å². The van der Waals surface area contributed by atoms with E-state index in [0.717, 1.165) is 17.8 Å². The molecular formula is C14H21N3O. The van der Waals surface area contributed by atoms with Gasteiger partial charge in [0.25, 0.3) is 0 Å². The Kier molecular flexibility index (Phi) is 5.63. The van der Waals surface area contributed by atoms with E-state index in [9.17, 15) is 5.26 Å². The van der Waals surface area contributed by atoms with Crippen molar-refractivity contribution in [2.45, 2.75) is 6.04 Å². The van der Waals surface area contributed by atoms with E-state index < -0.39 is 0 Å². The van der Waals surface area contributed by atoms with Crippen molar-refractivity contribution in [3.05, 3.63) is 29.8 Å². The van der Waals surface area contributed by atoms with Crippen molar-refractivity contribution < 1.29 is 4.74 Å². The number of benzene rings is 1. The molecule has 1 unspecified atom stereocenters. The summed E-state index contributed by atoms with van der Waals surface area (Å²) in [5, 5.41) is 9.28. The Bertz CT molecular complexity index is 394. The topological polar surface area (TPSA) is 39.5 Å². The molecule has 0 saturated carbocycles. The Morgan fingerprint density at radius 3 is 2.28 bits per heavy atom. The molecule has 18 heavy (non-hydrogen) atoms. The highest BCUT2D eigenvalue weighted by Gasteiger charge is 2.15. The minimum atomic E-state index is -0.226. The SMILES string of the molecule is COCCN(C)C(C#N)c1ccc(N(C)C)cc1. The summed E-state index contributed by atoms with van der Waals surface area (Å²) in [5.41, 5.74) is 2.15. The molecule has 0 saturated heterocycles. The van der Waals surface area contributed by atoms with Crippen LogP contribution in [0.4, 0.5) is 5.69 Å². The van der Waals surface area contributed by atoms with E-state index in [2.05, 4.69) is 6.07 Å². The molecule has 0 aliphatic rings. The maximum absolute atomic E-state index is 9.28. The fourth-order valence-electron chi connectivity index (χ4n) is 1.75. The van der Waals surface area contributed by atoms with Crippen LogP contribution in [-0.4, -0.2) is 46.3 Å². The predicted octanol–water partition coefficient (Wildman–Crippen LogP) is 1.90. The number of hydrogen-bond donors (Lipinski definition) is 0. The van der Waals surface area contributed by atoms with E-state index in [1.165, 1.54) is 0 Å². The minimum Gasteiger partial charge on any atom is -0.383 e. The second kappa shape index (κ2) is 7.00. The van der Waals surface area contributed by atoms with Gasteiger partial charge in [-0.05, 0) is 24.7 Å². The number of methoxy groups -OCH3 is 1. The quantitative estimate of drug-likeness (QED) is 0.769. The molecule has 1 aromatic carbocycles. The van der Waals surface area contributed by atoms with Gasteiger partial charge in [-0.15, -0.1) is 0 Å². The Balaban J connectivity index is 2.79. The molecule has 1 atom stereocenters. The van der Waals surface area contributed by atoms with Crippen LogP contribution in [0, 0.1) is 11.3 Å². The summed E-state index contributed by atoms with van der Waals surface area (Å²) in [6.07, 6.45) is 0. The zero-order valence-electron chi connectivity index (χ0n) is 11.6. The van der Waals surface area contributed by atoms with Crippen molar-refractivity contribution >= 4 is 5.69 Å². The van der Waals surface area contributed by atoms with Crippen LogP contribution < -0.4 is 4.90 Å². The first-order chi connectivity index (χ1) is 8.60. The summed E-state index contributed by atoms with van der Waals surface area (Å²) in [6, 6.07) is 10.2. The van der Waals surface area contributed by atoms with Gasteiger partial charge in [-0.1, -0.05) is 12.1 Å². The van der Waals surface area contributed by atoms with Crippen molar-refractivity contribution in [1.82, 2.24) is 4.90 Å². The van der Waals surface area contributed by atoms with E-state index in [1.54, 1.807) is 7.11 Å². The molecule has 0 amide bonds. The van der Waals surface area contributed by atoms with Gasteiger partial charge in [0.2, 0.25) is 0 Å². The Morgan fingerprint density at radius 2 is 1.83 bits per heavy atom. The highest BCUT2D eigenvalue weighted by atomic mass is 16.5. The van der Waals surface area contributed by atoms with Gasteiger partial charge in [-0.3, -0.25) is 4.90 Å².